The molecule has 1 aliphatic rings. The maximum Gasteiger partial charge on any atom is 0.127 e. The van der Waals surface area contributed by atoms with E-state index in [1.807, 2.05) is 0 Å². The fourth-order valence-corrected chi connectivity index (χ4v) is 3.49. The summed E-state index contributed by atoms with van der Waals surface area (Å²) in [7, 11) is 1.68. The monoisotopic (exact) mass is 342 g/mol. The second kappa shape index (κ2) is 6.92. The lowest BCUT2D eigenvalue weighted by molar-refractivity contribution is -0.0869. The first-order valence-electron chi connectivity index (χ1n) is 7.02. The van der Waals surface area contributed by atoms with Crippen LogP contribution in [0, 0.1) is 20.8 Å². The number of rotatable bonds is 6. The third-order valence-corrected chi connectivity index (χ3v) is 4.55. The van der Waals surface area contributed by atoms with Crippen LogP contribution in [0.4, 0.5) is 0 Å². The number of ether oxygens (including phenoxy) is 3. The summed E-state index contributed by atoms with van der Waals surface area (Å²) in [4.78, 5) is 0.371. The van der Waals surface area contributed by atoms with Crippen LogP contribution in [0.3, 0.4) is 0 Å². The van der Waals surface area contributed by atoms with Crippen molar-refractivity contribution in [2.45, 2.75) is 44.2 Å². The number of hydrogen-bond acceptors (Lipinski definition) is 3. The molecule has 0 heterocycles. The van der Waals surface area contributed by atoms with Gasteiger partial charge in [0.25, 0.3) is 0 Å². The first kappa shape index (κ1) is 15.8. The predicted octanol–water partition coefficient (Wildman–Crippen LogP) is 3.56. The lowest BCUT2D eigenvalue weighted by Gasteiger charge is -2.41. The molecule has 0 aromatic heterocycles. The van der Waals surface area contributed by atoms with E-state index in [9.17, 15) is 0 Å². The summed E-state index contributed by atoms with van der Waals surface area (Å²) in [5.74, 6) is 1.00. The van der Waals surface area contributed by atoms with Gasteiger partial charge in [0.2, 0.25) is 0 Å². The minimum atomic E-state index is 0.102. The Balaban J connectivity index is 1.99. The average Bonchev–Trinajstić information content (AvgIpc) is 2.37. The van der Waals surface area contributed by atoms with Gasteiger partial charge < -0.3 is 14.2 Å². The molecule has 2 rings (SSSR count). The highest BCUT2D eigenvalue weighted by Crippen LogP contribution is 2.36. The molecule has 112 valence electrons. The average molecular weight is 343 g/mol. The van der Waals surface area contributed by atoms with Gasteiger partial charge in [0, 0.05) is 18.4 Å². The van der Waals surface area contributed by atoms with Gasteiger partial charge in [0.05, 0.1) is 13.2 Å². The largest absolute Gasteiger partial charge is 0.487 e. The van der Waals surface area contributed by atoms with Crippen LogP contribution in [0.5, 0.6) is 5.75 Å². The third-order valence-electron chi connectivity index (χ3n) is 3.65. The number of aryl methyl sites for hydroxylation is 3. The molecule has 0 spiro atoms. The van der Waals surface area contributed by atoms with E-state index in [0.717, 1.165) is 12.2 Å². The van der Waals surface area contributed by atoms with Crippen LogP contribution >= 0.6 is 15.9 Å². The van der Waals surface area contributed by atoms with E-state index in [4.69, 9.17) is 14.2 Å². The molecule has 0 saturated heterocycles. The number of halogens is 1. The Hall–Kier alpha value is -0.580. The molecule has 0 aliphatic heterocycles. The summed E-state index contributed by atoms with van der Waals surface area (Å²) >= 11 is 3.64. The minimum Gasteiger partial charge on any atom is -0.487 e. The maximum absolute atomic E-state index is 6.18. The second-order valence-corrected chi connectivity index (χ2v) is 6.64. The van der Waals surface area contributed by atoms with Crippen molar-refractivity contribution in [3.8, 4) is 5.75 Å². The number of benzene rings is 1. The van der Waals surface area contributed by atoms with Gasteiger partial charge in [-0.3, -0.25) is 0 Å². The van der Waals surface area contributed by atoms with Crippen LogP contribution < -0.4 is 4.74 Å². The van der Waals surface area contributed by atoms with Crippen molar-refractivity contribution in [1.82, 2.24) is 0 Å². The Morgan fingerprint density at radius 1 is 1.15 bits per heavy atom. The Bertz CT molecular complexity index is 438. The molecule has 4 heteroatoms. The van der Waals surface area contributed by atoms with Crippen LogP contribution in [0.2, 0.25) is 0 Å². The Morgan fingerprint density at radius 3 is 2.35 bits per heavy atom. The molecule has 20 heavy (non-hydrogen) atoms. The van der Waals surface area contributed by atoms with E-state index in [0.29, 0.717) is 18.0 Å². The van der Waals surface area contributed by atoms with E-state index in [1.165, 1.54) is 16.7 Å². The van der Waals surface area contributed by atoms with Crippen molar-refractivity contribution in [2.75, 3.05) is 20.3 Å². The van der Waals surface area contributed by atoms with E-state index in [2.05, 4.69) is 48.8 Å². The van der Waals surface area contributed by atoms with E-state index in [1.54, 1.807) is 7.11 Å². The lowest BCUT2D eigenvalue weighted by Crippen LogP contribution is -2.52. The van der Waals surface area contributed by atoms with Crippen molar-refractivity contribution in [3.63, 3.8) is 0 Å². The zero-order chi connectivity index (χ0) is 14.7. The molecule has 3 nitrogen and oxygen atoms in total. The fraction of sp³-hybridized carbons (Fsp3) is 0.625. The van der Waals surface area contributed by atoms with Gasteiger partial charge >= 0.3 is 0 Å². The first-order chi connectivity index (χ1) is 9.52. The highest BCUT2D eigenvalue weighted by Gasteiger charge is 2.42. The molecule has 0 radical (unpaired) electrons. The van der Waals surface area contributed by atoms with Gasteiger partial charge in [-0.25, -0.2) is 0 Å². The predicted molar refractivity (Wildman–Crippen MR) is 84.0 cm³/mol. The summed E-state index contributed by atoms with van der Waals surface area (Å²) in [6.07, 6.45) is 1.20. The second-order valence-electron chi connectivity index (χ2n) is 5.46. The van der Waals surface area contributed by atoms with Gasteiger partial charge in [0.15, 0.2) is 0 Å². The number of methoxy groups -OCH3 is 1. The molecule has 3 atom stereocenters. The topological polar surface area (TPSA) is 27.7 Å². The zero-order valence-electron chi connectivity index (χ0n) is 12.6. The summed E-state index contributed by atoms with van der Waals surface area (Å²) in [6, 6.07) is 4.32. The normalized spacial score (nSPS) is 25.4. The summed E-state index contributed by atoms with van der Waals surface area (Å²) in [6.45, 7) is 7.53. The van der Waals surface area contributed by atoms with Crippen molar-refractivity contribution in [3.05, 3.63) is 28.8 Å². The summed E-state index contributed by atoms with van der Waals surface area (Å²) < 4.78 is 17.0. The molecule has 1 aliphatic carbocycles. The van der Waals surface area contributed by atoms with Crippen LogP contribution in [-0.4, -0.2) is 37.4 Å². The molecule has 1 fully saturated rings. The summed E-state index contributed by atoms with van der Waals surface area (Å²) in [5, 5.41) is 0. The Morgan fingerprint density at radius 2 is 1.80 bits per heavy atom. The highest BCUT2D eigenvalue weighted by molar-refractivity contribution is 9.09. The quantitative estimate of drug-likeness (QED) is 0.584. The molecule has 1 aromatic carbocycles. The first-order valence-corrected chi connectivity index (χ1v) is 7.93. The van der Waals surface area contributed by atoms with Crippen LogP contribution in [0.1, 0.15) is 23.1 Å². The van der Waals surface area contributed by atoms with E-state index in [-0.39, 0.29) is 12.2 Å². The van der Waals surface area contributed by atoms with Gasteiger partial charge in [-0.1, -0.05) is 33.6 Å². The molecule has 0 amide bonds. The molecule has 1 aromatic rings. The van der Waals surface area contributed by atoms with E-state index < -0.39 is 0 Å². The van der Waals surface area contributed by atoms with Gasteiger partial charge in [-0.05, 0) is 31.9 Å². The summed E-state index contributed by atoms with van der Waals surface area (Å²) in [5.41, 5.74) is 3.65. The Kier molecular flexibility index (Phi) is 5.47. The molecule has 3 unspecified atom stereocenters. The minimum absolute atomic E-state index is 0.102. The highest BCUT2D eigenvalue weighted by atomic mass is 79.9. The third kappa shape index (κ3) is 3.54. The lowest BCUT2D eigenvalue weighted by atomic mass is 9.91. The van der Waals surface area contributed by atoms with Crippen molar-refractivity contribution in [1.29, 1.82) is 0 Å². The molecule has 0 N–H and O–H groups in total. The smallest absolute Gasteiger partial charge is 0.127 e. The van der Waals surface area contributed by atoms with Gasteiger partial charge in [0.1, 0.15) is 18.0 Å². The fourth-order valence-electron chi connectivity index (χ4n) is 2.63. The van der Waals surface area contributed by atoms with Crippen LogP contribution in [0.25, 0.3) is 0 Å². The number of alkyl halides is 1. The van der Waals surface area contributed by atoms with Crippen LogP contribution in [0.15, 0.2) is 12.1 Å². The SMILES string of the molecule is COCCOC1C(Br)CC1Oc1c(C)cc(C)cc1C. The zero-order valence-corrected chi connectivity index (χ0v) is 14.2. The molecule has 1 saturated carbocycles. The Labute approximate surface area is 129 Å². The van der Waals surface area contributed by atoms with Gasteiger partial charge in [-0.2, -0.15) is 0 Å². The van der Waals surface area contributed by atoms with Gasteiger partial charge in [-0.15, -0.1) is 0 Å². The van der Waals surface area contributed by atoms with Crippen LogP contribution in [-0.2, 0) is 9.47 Å². The number of hydrogen-bond donors (Lipinski definition) is 0. The van der Waals surface area contributed by atoms with E-state index >= 15 is 0 Å². The standard InChI is InChI=1S/C16H23BrO3/c1-10-7-11(2)15(12(3)8-10)20-14-9-13(17)16(14)19-6-5-18-4/h7-8,13-14,16H,5-6,9H2,1-4H3. The van der Waals surface area contributed by atoms with Crippen molar-refractivity contribution in [2.24, 2.45) is 0 Å². The van der Waals surface area contributed by atoms with Crippen molar-refractivity contribution < 1.29 is 14.2 Å². The van der Waals surface area contributed by atoms with Crippen molar-refractivity contribution >= 4 is 15.9 Å². The molecular formula is C16H23BrO3. The molecule has 0 bridgehead atoms. The molecular weight excluding hydrogens is 320 g/mol. The maximum atomic E-state index is 6.18.